The van der Waals surface area contributed by atoms with E-state index < -0.39 is 5.54 Å². The fourth-order valence-corrected chi connectivity index (χ4v) is 6.05. The number of nitrogens with two attached hydrogens (primary N) is 1. The van der Waals surface area contributed by atoms with Gasteiger partial charge in [0.1, 0.15) is 11.3 Å². The van der Waals surface area contributed by atoms with Crippen LogP contribution in [-0.4, -0.2) is 32.3 Å². The van der Waals surface area contributed by atoms with Crippen molar-refractivity contribution >= 4 is 17.2 Å². The highest BCUT2D eigenvalue weighted by Gasteiger charge is 2.33. The Labute approximate surface area is 230 Å². The molecule has 2 unspecified atom stereocenters. The Morgan fingerprint density at radius 2 is 2.00 bits per heavy atom. The second kappa shape index (κ2) is 10.2. The minimum Gasteiger partial charge on any atom is -0.445 e. The molecule has 2 aromatic carbocycles. The molecule has 0 aliphatic carbocycles. The Morgan fingerprint density at radius 1 is 1.18 bits per heavy atom. The van der Waals surface area contributed by atoms with Crippen LogP contribution >= 0.6 is 11.3 Å². The van der Waals surface area contributed by atoms with Gasteiger partial charge in [0.05, 0.1) is 24.0 Å². The summed E-state index contributed by atoms with van der Waals surface area (Å²) in [6, 6.07) is 15.5. The number of benzene rings is 2. The summed E-state index contributed by atoms with van der Waals surface area (Å²) in [6.45, 7) is 4.56. The minimum atomic E-state index is -0.812. The Bertz CT molecular complexity index is 1590. The van der Waals surface area contributed by atoms with Crippen molar-refractivity contribution in [3.8, 4) is 22.8 Å². The van der Waals surface area contributed by atoms with Crippen molar-refractivity contribution in [1.29, 1.82) is 0 Å². The van der Waals surface area contributed by atoms with Crippen molar-refractivity contribution in [2.45, 2.75) is 44.7 Å². The molecule has 3 aromatic heterocycles. The average Bonchev–Trinajstić information content (AvgIpc) is 3.74. The van der Waals surface area contributed by atoms with Crippen molar-refractivity contribution < 1.29 is 13.6 Å². The molecule has 2 atom stereocenters. The molecule has 1 fully saturated rings. The minimum absolute atomic E-state index is 0.0298. The predicted molar refractivity (Wildman–Crippen MR) is 149 cm³/mol. The topological polar surface area (TPSA) is 111 Å². The van der Waals surface area contributed by atoms with E-state index in [0.717, 1.165) is 29.1 Å². The number of hydrogen-bond donors (Lipinski definition) is 1. The highest BCUT2D eigenvalue weighted by Crippen LogP contribution is 2.37. The van der Waals surface area contributed by atoms with E-state index in [4.69, 9.17) is 14.6 Å². The van der Waals surface area contributed by atoms with E-state index in [1.54, 1.807) is 23.7 Å². The third-order valence-electron chi connectivity index (χ3n) is 6.99. The summed E-state index contributed by atoms with van der Waals surface area (Å²) >= 11 is 1.60. The zero-order chi connectivity index (χ0) is 27.0. The van der Waals surface area contributed by atoms with Gasteiger partial charge in [0.2, 0.25) is 11.8 Å². The highest BCUT2D eigenvalue weighted by atomic mass is 32.1. The van der Waals surface area contributed by atoms with Gasteiger partial charge in [0.25, 0.3) is 5.91 Å². The normalized spacial score (nSPS) is 16.9. The molecule has 39 heavy (non-hydrogen) atoms. The van der Waals surface area contributed by atoms with Crippen LogP contribution in [-0.2, 0) is 12.0 Å². The van der Waals surface area contributed by atoms with Gasteiger partial charge in [-0.15, -0.1) is 11.3 Å². The smallest absolute Gasteiger partial charge is 0.254 e. The number of thiazole rings is 1. The summed E-state index contributed by atoms with van der Waals surface area (Å²) in [4.78, 5) is 29.3. The summed E-state index contributed by atoms with van der Waals surface area (Å²) in [5.41, 5.74) is 9.82. The van der Waals surface area contributed by atoms with Crippen molar-refractivity contribution in [1.82, 2.24) is 19.9 Å². The lowest BCUT2D eigenvalue weighted by molar-refractivity contribution is 0.0735. The first kappa shape index (κ1) is 25.2. The van der Waals surface area contributed by atoms with Gasteiger partial charge >= 0.3 is 0 Å². The first-order valence-corrected chi connectivity index (χ1v) is 13.8. The van der Waals surface area contributed by atoms with Crippen LogP contribution < -0.4 is 5.73 Å². The molecule has 0 saturated carbocycles. The molecule has 2 N–H and O–H groups in total. The molecule has 0 bridgehead atoms. The van der Waals surface area contributed by atoms with Gasteiger partial charge in [-0.05, 0) is 56.9 Å². The molecule has 1 saturated heterocycles. The molecule has 8 nitrogen and oxygen atoms in total. The lowest BCUT2D eigenvalue weighted by Gasteiger charge is -2.23. The van der Waals surface area contributed by atoms with Crippen LogP contribution in [0.5, 0.6) is 0 Å². The number of hydrogen-bond acceptors (Lipinski definition) is 8. The molecule has 1 amide bonds. The zero-order valence-corrected chi connectivity index (χ0v) is 22.6. The van der Waals surface area contributed by atoms with E-state index in [9.17, 15) is 4.79 Å². The maximum Gasteiger partial charge on any atom is 0.254 e. The highest BCUT2D eigenvalue weighted by molar-refractivity contribution is 7.09. The Hall–Kier alpha value is -4.08. The molecule has 0 spiro atoms. The maximum absolute atomic E-state index is 13.9. The molecule has 1 aliphatic heterocycles. The van der Waals surface area contributed by atoms with Gasteiger partial charge < -0.3 is 19.5 Å². The van der Waals surface area contributed by atoms with Crippen LogP contribution in [0.1, 0.15) is 58.3 Å². The molecule has 1 aliphatic rings. The molecule has 198 valence electrons. The summed E-state index contributed by atoms with van der Waals surface area (Å²) in [5.74, 6) is 1.31. The Kier molecular flexibility index (Phi) is 6.62. The van der Waals surface area contributed by atoms with E-state index in [0.29, 0.717) is 47.2 Å². The molecular formula is C30H29N5O3S. The summed E-state index contributed by atoms with van der Waals surface area (Å²) < 4.78 is 11.8. The second-order valence-electron chi connectivity index (χ2n) is 10.2. The number of amides is 1. The Morgan fingerprint density at radius 3 is 2.74 bits per heavy atom. The van der Waals surface area contributed by atoms with E-state index in [2.05, 4.69) is 15.0 Å². The summed E-state index contributed by atoms with van der Waals surface area (Å²) in [7, 11) is 0. The monoisotopic (exact) mass is 539 g/mol. The molecule has 9 heteroatoms. The predicted octanol–water partition coefficient (Wildman–Crippen LogP) is 6.16. The standard InChI is InChI=1S/C30H29N5O3S/c1-19-18-39-27(34-19)24-9-6-11-35(24)28(36)23-14-21(13-22(15-23)26-32-10-12-37-26)25-17-33-29(38-25)30(2,31)16-20-7-4-3-5-8-20/h3-5,7-8,10,12-15,17-18,24H,6,9,11,16,31H2,1-2H3. The molecular weight excluding hydrogens is 510 g/mol. The third kappa shape index (κ3) is 5.15. The molecule has 0 radical (unpaired) electrons. The largest absolute Gasteiger partial charge is 0.445 e. The SMILES string of the molecule is Cc1csc(C2CCCN2C(=O)c2cc(-c3cnc(C(C)(N)Cc4ccccc4)o3)cc(-c3ncco3)c2)n1. The lowest BCUT2D eigenvalue weighted by Crippen LogP contribution is -2.35. The molecule has 6 rings (SSSR count). The average molecular weight is 540 g/mol. The summed E-state index contributed by atoms with van der Waals surface area (Å²) in [5, 5.41) is 3.00. The van der Waals surface area contributed by atoms with Crippen LogP contribution in [0.25, 0.3) is 22.8 Å². The first-order chi connectivity index (χ1) is 18.9. The number of carbonyl (C=O) groups is 1. The van der Waals surface area contributed by atoms with Crippen LogP contribution in [0.2, 0.25) is 0 Å². The van der Waals surface area contributed by atoms with Gasteiger partial charge in [-0.3, -0.25) is 4.79 Å². The van der Waals surface area contributed by atoms with Crippen molar-refractivity contribution in [3.05, 3.63) is 100 Å². The van der Waals surface area contributed by atoms with E-state index in [1.807, 2.05) is 72.7 Å². The first-order valence-electron chi connectivity index (χ1n) is 12.9. The zero-order valence-electron chi connectivity index (χ0n) is 21.8. The number of nitrogens with zero attached hydrogens (tertiary/aromatic N) is 4. The third-order valence-corrected chi connectivity index (χ3v) is 8.05. The van der Waals surface area contributed by atoms with Crippen LogP contribution in [0.4, 0.5) is 0 Å². The van der Waals surface area contributed by atoms with E-state index in [-0.39, 0.29) is 11.9 Å². The van der Waals surface area contributed by atoms with Crippen molar-refractivity contribution in [3.63, 3.8) is 0 Å². The van der Waals surface area contributed by atoms with Crippen LogP contribution in [0, 0.1) is 6.92 Å². The quantitative estimate of drug-likeness (QED) is 0.264. The van der Waals surface area contributed by atoms with Crippen molar-refractivity contribution in [2.24, 2.45) is 5.73 Å². The van der Waals surface area contributed by atoms with Crippen LogP contribution in [0.3, 0.4) is 0 Å². The number of oxazole rings is 2. The van der Waals surface area contributed by atoms with E-state index >= 15 is 0 Å². The number of carbonyl (C=O) groups excluding carboxylic acids is 1. The maximum atomic E-state index is 13.9. The van der Waals surface area contributed by atoms with E-state index in [1.165, 1.54) is 6.26 Å². The number of likely N-dealkylation sites (tertiary alicyclic amines) is 1. The van der Waals surface area contributed by atoms with Gasteiger partial charge in [0, 0.05) is 34.3 Å². The van der Waals surface area contributed by atoms with Crippen LogP contribution in [0.15, 0.2) is 81.4 Å². The van der Waals surface area contributed by atoms with Gasteiger partial charge in [-0.25, -0.2) is 15.0 Å². The molecule has 5 aromatic rings. The van der Waals surface area contributed by atoms with Gasteiger partial charge in [-0.1, -0.05) is 30.3 Å². The number of rotatable bonds is 7. The number of aromatic nitrogens is 3. The number of aryl methyl sites for hydroxylation is 1. The Balaban J connectivity index is 1.35. The van der Waals surface area contributed by atoms with Gasteiger partial charge in [0.15, 0.2) is 5.76 Å². The van der Waals surface area contributed by atoms with Crippen molar-refractivity contribution in [2.75, 3.05) is 6.54 Å². The lowest BCUT2D eigenvalue weighted by atomic mass is 9.94. The fraction of sp³-hybridized carbons (Fsp3) is 0.267. The summed E-state index contributed by atoms with van der Waals surface area (Å²) in [6.07, 6.45) is 7.16. The second-order valence-corrected chi connectivity index (χ2v) is 11.1. The van der Waals surface area contributed by atoms with Gasteiger partial charge in [-0.2, -0.15) is 0 Å². The molecule has 4 heterocycles. The fourth-order valence-electron chi connectivity index (χ4n) is 5.11.